The van der Waals surface area contributed by atoms with Crippen LogP contribution in [0.15, 0.2) is 42.5 Å². The maximum atomic E-state index is 13.0. The number of nitrogens with zero attached hydrogens (tertiary/aromatic N) is 1. The summed E-state index contributed by atoms with van der Waals surface area (Å²) in [5, 5.41) is 6.49. The van der Waals surface area contributed by atoms with E-state index >= 15 is 0 Å². The number of imidazole rings is 1. The third-order valence-corrected chi connectivity index (χ3v) is 8.88. The molecule has 2 amide bonds. The highest BCUT2D eigenvalue weighted by Gasteiger charge is 2.36. The minimum Gasteiger partial charge on any atom is -0.349 e. The quantitative estimate of drug-likeness (QED) is 0.425. The van der Waals surface area contributed by atoms with E-state index in [1.54, 1.807) is 0 Å². The van der Waals surface area contributed by atoms with Gasteiger partial charge in [-0.15, -0.1) is 0 Å². The first kappa shape index (κ1) is 23.3. The summed E-state index contributed by atoms with van der Waals surface area (Å²) in [5.41, 5.74) is 3.91. The lowest BCUT2D eigenvalue weighted by Crippen LogP contribution is -2.47. The highest BCUT2D eigenvalue weighted by molar-refractivity contribution is 5.98. The Morgan fingerprint density at radius 3 is 2.22 bits per heavy atom. The second kappa shape index (κ2) is 9.72. The van der Waals surface area contributed by atoms with Gasteiger partial charge in [0.25, 0.3) is 11.8 Å². The van der Waals surface area contributed by atoms with Gasteiger partial charge < -0.3 is 15.6 Å². The number of aromatic amines is 1. The molecule has 4 fully saturated rings. The first-order valence-electron chi connectivity index (χ1n) is 13.7. The molecule has 4 aliphatic carbocycles. The highest BCUT2D eigenvalue weighted by atomic mass is 16.2. The van der Waals surface area contributed by atoms with Gasteiger partial charge in [0, 0.05) is 28.8 Å². The van der Waals surface area contributed by atoms with Crippen molar-refractivity contribution in [2.45, 2.75) is 76.8 Å². The molecule has 4 aliphatic rings. The van der Waals surface area contributed by atoms with Crippen LogP contribution in [-0.2, 0) is 0 Å². The summed E-state index contributed by atoms with van der Waals surface area (Å²) in [5.74, 6) is 2.91. The molecule has 4 saturated carbocycles. The molecular weight excluding hydrogens is 448 g/mol. The second-order valence-corrected chi connectivity index (χ2v) is 11.4. The van der Waals surface area contributed by atoms with Gasteiger partial charge >= 0.3 is 0 Å². The summed E-state index contributed by atoms with van der Waals surface area (Å²) in [6.07, 6.45) is 10.8. The molecule has 0 aliphatic heterocycles. The molecule has 2 bridgehead atoms. The topological polar surface area (TPSA) is 86.9 Å². The van der Waals surface area contributed by atoms with E-state index in [4.69, 9.17) is 4.98 Å². The van der Waals surface area contributed by atoms with Crippen molar-refractivity contribution in [3.05, 3.63) is 53.6 Å². The Bertz CT molecular complexity index is 1250. The van der Waals surface area contributed by atoms with E-state index in [1.165, 1.54) is 38.5 Å². The van der Waals surface area contributed by atoms with E-state index in [1.807, 2.05) is 42.5 Å². The first-order chi connectivity index (χ1) is 17.5. The number of benzene rings is 2. The summed E-state index contributed by atoms with van der Waals surface area (Å²) in [4.78, 5) is 33.8. The van der Waals surface area contributed by atoms with Crippen molar-refractivity contribution >= 4 is 22.8 Å². The van der Waals surface area contributed by atoms with E-state index in [9.17, 15) is 9.59 Å². The fourth-order valence-corrected chi connectivity index (χ4v) is 6.54. The Morgan fingerprint density at radius 1 is 0.833 bits per heavy atom. The maximum Gasteiger partial charge on any atom is 0.251 e. The van der Waals surface area contributed by atoms with Crippen LogP contribution in [0.5, 0.6) is 0 Å². The van der Waals surface area contributed by atoms with Gasteiger partial charge in [0.2, 0.25) is 0 Å². The monoisotopic (exact) mass is 484 g/mol. The van der Waals surface area contributed by atoms with Crippen LogP contribution in [0.2, 0.25) is 0 Å². The van der Waals surface area contributed by atoms with Crippen LogP contribution in [0.25, 0.3) is 22.4 Å². The van der Waals surface area contributed by atoms with Crippen LogP contribution in [-0.4, -0.2) is 33.9 Å². The van der Waals surface area contributed by atoms with Gasteiger partial charge in [0.1, 0.15) is 5.82 Å². The molecule has 3 N–H and O–H groups in total. The third kappa shape index (κ3) is 4.78. The molecule has 2 aromatic carbocycles. The van der Waals surface area contributed by atoms with Crippen molar-refractivity contribution in [2.75, 3.05) is 0 Å². The average molecular weight is 485 g/mol. The Labute approximate surface area is 212 Å². The molecule has 3 aromatic rings. The number of carbonyl (C=O) groups excluding carboxylic acids is 2. The standard InChI is InChI=1S/C30H36N4O2/c1-18-2-13-24(14-3-18)31-29(35)22-10-8-21(9-11-22)28-32-25-15-12-23(17-27(25)33-28)30(36)34-26-16-19-4-6-20(26)7-5-19/h8-12,15,17-20,24,26H,2-7,13-14,16H2,1H3,(H,31,35)(H,32,33)(H,34,36). The fourth-order valence-electron chi connectivity index (χ4n) is 6.54. The number of carbonyl (C=O) groups is 2. The van der Waals surface area contributed by atoms with Gasteiger partial charge in [-0.1, -0.05) is 31.9 Å². The summed E-state index contributed by atoms with van der Waals surface area (Å²) in [6.45, 7) is 2.28. The molecule has 0 spiro atoms. The maximum absolute atomic E-state index is 13.0. The molecule has 1 unspecified atom stereocenters. The second-order valence-electron chi connectivity index (χ2n) is 11.4. The molecule has 1 heterocycles. The Kier molecular flexibility index (Phi) is 6.28. The molecule has 6 heteroatoms. The van der Waals surface area contributed by atoms with Gasteiger partial charge in [-0.2, -0.15) is 0 Å². The normalized spacial score (nSPS) is 27.6. The van der Waals surface area contributed by atoms with Gasteiger partial charge in [-0.3, -0.25) is 9.59 Å². The van der Waals surface area contributed by atoms with E-state index in [2.05, 4.69) is 22.5 Å². The molecule has 1 aromatic heterocycles. The summed E-state index contributed by atoms with van der Waals surface area (Å²) < 4.78 is 0. The van der Waals surface area contributed by atoms with Crippen molar-refractivity contribution in [2.24, 2.45) is 17.8 Å². The molecule has 1 atom stereocenters. The number of hydrogen-bond acceptors (Lipinski definition) is 3. The van der Waals surface area contributed by atoms with Gasteiger partial charge in [0.05, 0.1) is 11.0 Å². The van der Waals surface area contributed by atoms with Crippen LogP contribution in [0, 0.1) is 17.8 Å². The predicted octanol–water partition coefficient (Wildman–Crippen LogP) is 5.85. The molecule has 36 heavy (non-hydrogen) atoms. The minimum atomic E-state index is -0.00690. The highest BCUT2D eigenvalue weighted by Crippen LogP contribution is 2.41. The molecular formula is C30H36N4O2. The van der Waals surface area contributed by atoms with E-state index in [0.717, 1.165) is 53.5 Å². The number of nitrogens with one attached hydrogen (secondary N) is 3. The lowest BCUT2D eigenvalue weighted by molar-refractivity contribution is 0.0810. The number of hydrogen-bond donors (Lipinski definition) is 3. The smallest absolute Gasteiger partial charge is 0.251 e. The van der Waals surface area contributed by atoms with Crippen LogP contribution in [0.3, 0.4) is 0 Å². The average Bonchev–Trinajstić information content (AvgIpc) is 3.34. The van der Waals surface area contributed by atoms with E-state index in [-0.39, 0.29) is 17.9 Å². The van der Waals surface area contributed by atoms with E-state index in [0.29, 0.717) is 23.1 Å². The lowest BCUT2D eigenvalue weighted by atomic mass is 9.68. The summed E-state index contributed by atoms with van der Waals surface area (Å²) in [7, 11) is 0. The number of aromatic nitrogens is 2. The zero-order chi connectivity index (χ0) is 24.6. The number of fused-ring (bicyclic) bond motifs is 4. The van der Waals surface area contributed by atoms with Crippen LogP contribution in [0.4, 0.5) is 0 Å². The number of amides is 2. The van der Waals surface area contributed by atoms with E-state index < -0.39 is 0 Å². The zero-order valence-corrected chi connectivity index (χ0v) is 21.1. The first-order valence-corrected chi connectivity index (χ1v) is 13.7. The van der Waals surface area contributed by atoms with Gasteiger partial charge in [-0.05, 0) is 93.0 Å². The Morgan fingerprint density at radius 2 is 1.53 bits per heavy atom. The molecule has 0 radical (unpaired) electrons. The van der Waals surface area contributed by atoms with Crippen molar-refractivity contribution in [3.63, 3.8) is 0 Å². The zero-order valence-electron chi connectivity index (χ0n) is 21.1. The molecule has 6 nitrogen and oxygen atoms in total. The van der Waals surface area contributed by atoms with Crippen LogP contribution in [0.1, 0.15) is 85.4 Å². The number of H-pyrrole nitrogens is 1. The molecule has 0 saturated heterocycles. The van der Waals surface area contributed by atoms with Crippen molar-refractivity contribution in [3.8, 4) is 11.4 Å². The SMILES string of the molecule is CC1CCC(NC(=O)c2ccc(-c3nc4cc(C(=O)NC5CC6CCC5CC6)ccc4[nH]3)cc2)CC1. The lowest BCUT2D eigenvalue weighted by Gasteiger charge is -2.42. The van der Waals surface area contributed by atoms with Crippen LogP contribution >= 0.6 is 0 Å². The minimum absolute atomic E-state index is 0.00166. The third-order valence-electron chi connectivity index (χ3n) is 8.88. The van der Waals surface area contributed by atoms with Gasteiger partial charge in [0.15, 0.2) is 0 Å². The Balaban J connectivity index is 1.12. The van der Waals surface area contributed by atoms with Gasteiger partial charge in [-0.25, -0.2) is 4.98 Å². The summed E-state index contributed by atoms with van der Waals surface area (Å²) in [6, 6.07) is 13.9. The molecule has 188 valence electrons. The summed E-state index contributed by atoms with van der Waals surface area (Å²) >= 11 is 0. The molecule has 7 rings (SSSR count). The van der Waals surface area contributed by atoms with Crippen molar-refractivity contribution in [1.82, 2.24) is 20.6 Å². The van der Waals surface area contributed by atoms with Crippen molar-refractivity contribution < 1.29 is 9.59 Å². The fraction of sp³-hybridized carbons (Fsp3) is 0.500. The largest absolute Gasteiger partial charge is 0.349 e. The van der Waals surface area contributed by atoms with Crippen LogP contribution < -0.4 is 10.6 Å². The Hall–Kier alpha value is -3.15. The van der Waals surface area contributed by atoms with Crippen molar-refractivity contribution in [1.29, 1.82) is 0 Å². The predicted molar refractivity (Wildman–Crippen MR) is 142 cm³/mol. The number of rotatable bonds is 5.